The Hall–Kier alpha value is -2.94. The fraction of sp³-hybridized carbons (Fsp3) is 0.474. The fourth-order valence-corrected chi connectivity index (χ4v) is 3.15. The van der Waals surface area contributed by atoms with Gasteiger partial charge in [-0.05, 0) is 31.7 Å². The van der Waals surface area contributed by atoms with Crippen LogP contribution in [0.15, 0.2) is 30.3 Å². The van der Waals surface area contributed by atoms with E-state index in [0.717, 1.165) is 5.56 Å². The average Bonchev–Trinajstić information content (AvgIpc) is 3.16. The Labute approximate surface area is 163 Å². The average molecular weight is 390 g/mol. The van der Waals surface area contributed by atoms with Gasteiger partial charge in [-0.3, -0.25) is 14.4 Å². The number of nitrogens with zero attached hydrogens (tertiary/aromatic N) is 1. The Morgan fingerprint density at radius 3 is 2.57 bits per heavy atom. The largest absolute Gasteiger partial charge is 0.480 e. The van der Waals surface area contributed by atoms with Gasteiger partial charge in [0.1, 0.15) is 12.1 Å². The van der Waals surface area contributed by atoms with Crippen molar-refractivity contribution >= 4 is 23.7 Å². The third-order valence-corrected chi connectivity index (χ3v) is 4.63. The first kappa shape index (κ1) is 21.4. The van der Waals surface area contributed by atoms with Crippen LogP contribution in [0, 0.1) is 0 Å². The Balaban J connectivity index is 1.77. The van der Waals surface area contributed by atoms with Crippen LogP contribution >= 0.6 is 0 Å². The molecule has 1 fully saturated rings. The summed E-state index contributed by atoms with van der Waals surface area (Å²) in [4.78, 5) is 48.9. The summed E-state index contributed by atoms with van der Waals surface area (Å²) in [6.07, 6.45) is 1.35. The molecule has 1 aliphatic rings. The lowest BCUT2D eigenvalue weighted by molar-refractivity contribution is -0.149. The molecule has 0 spiro atoms. The number of nitrogens with two attached hydrogens (primary N) is 1. The number of hydrogen-bond acceptors (Lipinski definition) is 5. The number of rotatable bonds is 8. The molecular weight excluding hydrogens is 364 g/mol. The van der Waals surface area contributed by atoms with Crippen molar-refractivity contribution in [3.8, 4) is 0 Å². The molecule has 3 atom stereocenters. The fourth-order valence-electron chi connectivity index (χ4n) is 3.15. The van der Waals surface area contributed by atoms with E-state index in [1.165, 1.54) is 11.8 Å². The smallest absolute Gasteiger partial charge is 0.326 e. The van der Waals surface area contributed by atoms with E-state index in [2.05, 4.69) is 10.6 Å². The summed E-state index contributed by atoms with van der Waals surface area (Å²) in [5, 5.41) is 14.1. The van der Waals surface area contributed by atoms with Gasteiger partial charge in [0.2, 0.25) is 17.7 Å². The van der Waals surface area contributed by atoms with Gasteiger partial charge in [-0.1, -0.05) is 30.3 Å². The van der Waals surface area contributed by atoms with Gasteiger partial charge in [0.25, 0.3) is 0 Å². The lowest BCUT2D eigenvalue weighted by atomic mass is 10.1. The van der Waals surface area contributed by atoms with Crippen molar-refractivity contribution in [1.29, 1.82) is 0 Å². The van der Waals surface area contributed by atoms with E-state index in [9.17, 15) is 19.2 Å². The molecule has 0 bridgehead atoms. The summed E-state index contributed by atoms with van der Waals surface area (Å²) in [6, 6.07) is 6.73. The molecular formula is C19H26N4O5. The predicted octanol–water partition coefficient (Wildman–Crippen LogP) is -0.747. The van der Waals surface area contributed by atoms with Crippen molar-refractivity contribution in [2.75, 3.05) is 13.1 Å². The van der Waals surface area contributed by atoms with Crippen LogP contribution in [0.4, 0.5) is 0 Å². The molecule has 0 radical (unpaired) electrons. The maximum atomic E-state index is 12.4. The van der Waals surface area contributed by atoms with Crippen molar-refractivity contribution in [2.24, 2.45) is 5.73 Å². The van der Waals surface area contributed by atoms with Crippen LogP contribution in [0.2, 0.25) is 0 Å². The van der Waals surface area contributed by atoms with E-state index in [1.807, 2.05) is 30.3 Å². The molecule has 1 aromatic carbocycles. The normalized spacial score (nSPS) is 18.2. The molecule has 28 heavy (non-hydrogen) atoms. The molecule has 0 saturated carbocycles. The van der Waals surface area contributed by atoms with Gasteiger partial charge in [0, 0.05) is 6.54 Å². The number of aliphatic carboxylic acids is 1. The van der Waals surface area contributed by atoms with Crippen molar-refractivity contribution < 1.29 is 24.3 Å². The molecule has 1 aliphatic heterocycles. The minimum absolute atomic E-state index is 0.318. The number of carboxylic acid groups (broad SMARTS) is 1. The summed E-state index contributed by atoms with van der Waals surface area (Å²) in [5.41, 5.74) is 6.76. The predicted molar refractivity (Wildman–Crippen MR) is 101 cm³/mol. The van der Waals surface area contributed by atoms with Gasteiger partial charge in [-0.25, -0.2) is 4.79 Å². The lowest BCUT2D eigenvalue weighted by Gasteiger charge is -2.25. The minimum Gasteiger partial charge on any atom is -0.480 e. The summed E-state index contributed by atoms with van der Waals surface area (Å²) < 4.78 is 0. The van der Waals surface area contributed by atoms with Crippen LogP contribution in [0.3, 0.4) is 0 Å². The van der Waals surface area contributed by atoms with E-state index < -0.39 is 41.8 Å². The number of benzene rings is 1. The number of nitrogens with one attached hydrogen (secondary N) is 2. The second kappa shape index (κ2) is 9.84. The first-order valence-electron chi connectivity index (χ1n) is 9.19. The zero-order valence-electron chi connectivity index (χ0n) is 15.8. The number of carboxylic acids is 1. The zero-order valence-corrected chi connectivity index (χ0v) is 15.8. The highest BCUT2D eigenvalue weighted by Crippen LogP contribution is 2.18. The Morgan fingerprint density at radius 1 is 1.25 bits per heavy atom. The molecule has 3 unspecified atom stereocenters. The van der Waals surface area contributed by atoms with Gasteiger partial charge in [-0.2, -0.15) is 0 Å². The van der Waals surface area contributed by atoms with Crippen molar-refractivity contribution in [3.05, 3.63) is 35.9 Å². The van der Waals surface area contributed by atoms with Gasteiger partial charge in [0.05, 0.1) is 12.6 Å². The molecule has 152 valence electrons. The topological polar surface area (TPSA) is 142 Å². The Kier molecular flexibility index (Phi) is 7.51. The van der Waals surface area contributed by atoms with Crippen LogP contribution in [-0.4, -0.2) is 64.9 Å². The van der Waals surface area contributed by atoms with E-state index >= 15 is 0 Å². The van der Waals surface area contributed by atoms with Crippen LogP contribution in [0.5, 0.6) is 0 Å². The third-order valence-electron chi connectivity index (χ3n) is 4.63. The van der Waals surface area contributed by atoms with Crippen molar-refractivity contribution in [3.63, 3.8) is 0 Å². The number of carbonyl (C=O) groups excluding carboxylic acids is 3. The standard InChI is InChI=1S/C19H26N4O5/c1-12(18(26)23-9-5-8-15(23)19(27)28)22-16(24)11-21-17(25)14(20)10-13-6-3-2-4-7-13/h2-4,6-7,12,14-15H,5,8-11,20H2,1H3,(H,21,25)(H,22,24)(H,27,28). The molecule has 0 aliphatic carbocycles. The van der Waals surface area contributed by atoms with E-state index in [1.54, 1.807) is 0 Å². The molecule has 1 saturated heterocycles. The maximum Gasteiger partial charge on any atom is 0.326 e. The summed E-state index contributed by atoms with van der Waals surface area (Å²) in [6.45, 7) is 1.52. The molecule has 9 nitrogen and oxygen atoms in total. The molecule has 9 heteroatoms. The summed E-state index contributed by atoms with van der Waals surface area (Å²) >= 11 is 0. The summed E-state index contributed by atoms with van der Waals surface area (Å²) in [7, 11) is 0. The van der Waals surface area contributed by atoms with Gasteiger partial charge >= 0.3 is 5.97 Å². The summed E-state index contributed by atoms with van der Waals surface area (Å²) in [5.74, 6) is -2.52. The van der Waals surface area contributed by atoms with Gasteiger partial charge < -0.3 is 26.4 Å². The number of likely N-dealkylation sites (tertiary alicyclic amines) is 1. The number of amides is 3. The molecule has 2 rings (SSSR count). The molecule has 0 aromatic heterocycles. The molecule has 1 aromatic rings. The zero-order chi connectivity index (χ0) is 20.7. The highest BCUT2D eigenvalue weighted by molar-refractivity contribution is 5.92. The highest BCUT2D eigenvalue weighted by Gasteiger charge is 2.36. The van der Waals surface area contributed by atoms with E-state index in [4.69, 9.17) is 10.8 Å². The monoisotopic (exact) mass is 390 g/mol. The maximum absolute atomic E-state index is 12.4. The first-order valence-corrected chi connectivity index (χ1v) is 9.19. The van der Waals surface area contributed by atoms with Crippen LogP contribution in [-0.2, 0) is 25.6 Å². The van der Waals surface area contributed by atoms with Crippen LogP contribution < -0.4 is 16.4 Å². The van der Waals surface area contributed by atoms with E-state index in [-0.39, 0.29) is 6.54 Å². The van der Waals surface area contributed by atoms with Crippen LogP contribution in [0.1, 0.15) is 25.3 Å². The first-order chi connectivity index (χ1) is 13.3. The molecule has 1 heterocycles. The second-order valence-corrected chi connectivity index (χ2v) is 6.83. The van der Waals surface area contributed by atoms with Crippen LogP contribution in [0.25, 0.3) is 0 Å². The lowest BCUT2D eigenvalue weighted by Crippen LogP contribution is -2.52. The Morgan fingerprint density at radius 2 is 1.93 bits per heavy atom. The van der Waals surface area contributed by atoms with Crippen molar-refractivity contribution in [2.45, 2.75) is 44.3 Å². The van der Waals surface area contributed by atoms with Crippen molar-refractivity contribution in [1.82, 2.24) is 15.5 Å². The van der Waals surface area contributed by atoms with Gasteiger partial charge in [0.15, 0.2) is 0 Å². The third kappa shape index (κ3) is 5.78. The second-order valence-electron chi connectivity index (χ2n) is 6.83. The molecule has 5 N–H and O–H groups in total. The quantitative estimate of drug-likeness (QED) is 0.460. The number of hydrogen-bond donors (Lipinski definition) is 4. The number of carbonyl (C=O) groups is 4. The Bertz CT molecular complexity index is 724. The highest BCUT2D eigenvalue weighted by atomic mass is 16.4. The minimum atomic E-state index is -1.05. The molecule has 3 amide bonds. The van der Waals surface area contributed by atoms with E-state index in [0.29, 0.717) is 25.8 Å². The SMILES string of the molecule is CC(NC(=O)CNC(=O)C(N)Cc1ccccc1)C(=O)N1CCCC1C(=O)O. The van der Waals surface area contributed by atoms with Gasteiger partial charge in [-0.15, -0.1) is 0 Å².